The number of nitrogens with one attached hydrogen (secondary N) is 1. The fraction of sp³-hybridized carbons (Fsp3) is 0.111. The Morgan fingerprint density at radius 1 is 1.43 bits per heavy atom. The van der Waals surface area contributed by atoms with Crippen LogP contribution >= 0.6 is 15.9 Å². The SMILES string of the molecule is Cc1cc(Br)c(-c2ncn[nH]2)cc1N. The number of nitrogens with two attached hydrogens (primary N) is 1. The van der Waals surface area contributed by atoms with Gasteiger partial charge in [0.05, 0.1) is 0 Å². The van der Waals surface area contributed by atoms with E-state index in [1.54, 1.807) is 0 Å². The third kappa shape index (κ3) is 1.50. The highest BCUT2D eigenvalue weighted by atomic mass is 79.9. The molecule has 4 nitrogen and oxygen atoms in total. The number of halogens is 1. The van der Waals surface area contributed by atoms with Crippen LogP contribution in [0.15, 0.2) is 22.9 Å². The highest BCUT2D eigenvalue weighted by Crippen LogP contribution is 2.29. The molecule has 0 bridgehead atoms. The number of hydrogen-bond donors (Lipinski definition) is 2. The van der Waals surface area contributed by atoms with Crippen LogP contribution in [0.3, 0.4) is 0 Å². The standard InChI is InChI=1S/C9H9BrN4/c1-5-2-7(10)6(3-8(5)11)9-12-4-13-14-9/h2-4H,11H2,1H3,(H,12,13,14). The molecule has 0 saturated heterocycles. The van der Waals surface area contributed by atoms with Gasteiger partial charge in [0.25, 0.3) is 0 Å². The summed E-state index contributed by atoms with van der Waals surface area (Å²) in [6.45, 7) is 1.96. The summed E-state index contributed by atoms with van der Waals surface area (Å²) in [7, 11) is 0. The van der Waals surface area contributed by atoms with Gasteiger partial charge in [-0.15, -0.1) is 0 Å². The number of hydrogen-bond acceptors (Lipinski definition) is 3. The summed E-state index contributed by atoms with van der Waals surface area (Å²) in [6, 6.07) is 3.84. The zero-order valence-corrected chi connectivity index (χ0v) is 9.17. The fourth-order valence-corrected chi connectivity index (χ4v) is 1.85. The van der Waals surface area contributed by atoms with Crippen molar-refractivity contribution in [2.45, 2.75) is 6.92 Å². The third-order valence-corrected chi connectivity index (χ3v) is 2.68. The topological polar surface area (TPSA) is 67.6 Å². The van der Waals surface area contributed by atoms with Crippen LogP contribution < -0.4 is 5.73 Å². The highest BCUT2D eigenvalue weighted by molar-refractivity contribution is 9.10. The molecule has 3 N–H and O–H groups in total. The molecule has 0 aliphatic heterocycles. The van der Waals surface area contributed by atoms with Crippen LogP contribution in [-0.4, -0.2) is 15.2 Å². The molecule has 14 heavy (non-hydrogen) atoms. The Balaban J connectivity index is 2.60. The number of aromatic nitrogens is 3. The van der Waals surface area contributed by atoms with Crippen molar-refractivity contribution >= 4 is 21.6 Å². The lowest BCUT2D eigenvalue weighted by atomic mass is 10.1. The minimum Gasteiger partial charge on any atom is -0.398 e. The van der Waals surface area contributed by atoms with Crippen molar-refractivity contribution in [1.82, 2.24) is 15.2 Å². The van der Waals surface area contributed by atoms with E-state index in [1.165, 1.54) is 6.33 Å². The van der Waals surface area contributed by atoms with Crippen molar-refractivity contribution < 1.29 is 0 Å². The molecule has 0 fully saturated rings. The summed E-state index contributed by atoms with van der Waals surface area (Å²) in [6.07, 6.45) is 1.47. The second-order valence-corrected chi connectivity index (χ2v) is 3.88. The van der Waals surface area contributed by atoms with Gasteiger partial charge in [-0.25, -0.2) is 4.98 Å². The Labute approximate surface area is 89.7 Å². The van der Waals surface area contributed by atoms with E-state index in [9.17, 15) is 0 Å². The van der Waals surface area contributed by atoms with Crippen LogP contribution in [0.4, 0.5) is 5.69 Å². The number of nitrogen functional groups attached to an aromatic ring is 1. The molecule has 72 valence electrons. The number of aromatic amines is 1. The van der Waals surface area contributed by atoms with Gasteiger partial charge in [0, 0.05) is 15.7 Å². The van der Waals surface area contributed by atoms with E-state index < -0.39 is 0 Å². The van der Waals surface area contributed by atoms with Gasteiger partial charge in [0.15, 0.2) is 5.82 Å². The van der Waals surface area contributed by atoms with Crippen molar-refractivity contribution in [1.29, 1.82) is 0 Å². The molecule has 0 spiro atoms. The number of H-pyrrole nitrogens is 1. The monoisotopic (exact) mass is 252 g/mol. The Morgan fingerprint density at radius 2 is 2.21 bits per heavy atom. The van der Waals surface area contributed by atoms with Crippen molar-refractivity contribution in [3.63, 3.8) is 0 Å². The number of anilines is 1. The Kier molecular flexibility index (Phi) is 2.25. The van der Waals surface area contributed by atoms with E-state index in [1.807, 2.05) is 19.1 Å². The molecule has 0 unspecified atom stereocenters. The smallest absolute Gasteiger partial charge is 0.156 e. The predicted octanol–water partition coefficient (Wildman–Crippen LogP) is 2.12. The van der Waals surface area contributed by atoms with E-state index >= 15 is 0 Å². The maximum Gasteiger partial charge on any atom is 0.156 e. The molecular weight excluding hydrogens is 244 g/mol. The Hall–Kier alpha value is -1.36. The summed E-state index contributed by atoms with van der Waals surface area (Å²) in [5.74, 6) is 0.712. The summed E-state index contributed by atoms with van der Waals surface area (Å²) in [5, 5.41) is 6.59. The summed E-state index contributed by atoms with van der Waals surface area (Å²) >= 11 is 3.46. The molecule has 0 aliphatic carbocycles. The molecule has 0 saturated carbocycles. The average Bonchev–Trinajstić information content (AvgIpc) is 2.64. The first-order valence-corrected chi connectivity index (χ1v) is 4.89. The minimum atomic E-state index is 0.712. The van der Waals surface area contributed by atoms with E-state index in [4.69, 9.17) is 5.73 Å². The van der Waals surface area contributed by atoms with Gasteiger partial charge in [-0.05, 0) is 24.6 Å². The van der Waals surface area contributed by atoms with Crippen LogP contribution in [0.2, 0.25) is 0 Å². The number of nitrogens with zero attached hydrogens (tertiary/aromatic N) is 2. The lowest BCUT2D eigenvalue weighted by Crippen LogP contribution is -1.92. The quantitative estimate of drug-likeness (QED) is 0.765. The van der Waals surface area contributed by atoms with Crippen molar-refractivity contribution in [3.8, 4) is 11.4 Å². The molecule has 0 aliphatic rings. The number of aryl methyl sites for hydroxylation is 1. The molecular formula is C9H9BrN4. The molecule has 2 rings (SSSR count). The first kappa shape index (κ1) is 9.21. The normalized spacial score (nSPS) is 10.4. The van der Waals surface area contributed by atoms with Gasteiger partial charge in [-0.1, -0.05) is 15.9 Å². The average molecular weight is 253 g/mol. The molecule has 0 amide bonds. The lowest BCUT2D eigenvalue weighted by Gasteiger charge is -2.05. The largest absolute Gasteiger partial charge is 0.398 e. The minimum absolute atomic E-state index is 0.712. The first-order valence-electron chi connectivity index (χ1n) is 4.10. The van der Waals surface area contributed by atoms with Gasteiger partial charge < -0.3 is 5.73 Å². The van der Waals surface area contributed by atoms with Crippen LogP contribution in [0.5, 0.6) is 0 Å². The van der Waals surface area contributed by atoms with Crippen molar-refractivity contribution in [2.75, 3.05) is 5.73 Å². The van der Waals surface area contributed by atoms with E-state index in [-0.39, 0.29) is 0 Å². The zero-order chi connectivity index (χ0) is 10.1. The van der Waals surface area contributed by atoms with Crippen molar-refractivity contribution in [3.05, 3.63) is 28.5 Å². The van der Waals surface area contributed by atoms with Crippen LogP contribution in [-0.2, 0) is 0 Å². The number of rotatable bonds is 1. The van der Waals surface area contributed by atoms with E-state index in [2.05, 4.69) is 31.1 Å². The van der Waals surface area contributed by atoms with Gasteiger partial charge >= 0.3 is 0 Å². The van der Waals surface area contributed by atoms with Crippen LogP contribution in [0, 0.1) is 6.92 Å². The summed E-state index contributed by atoms with van der Waals surface area (Å²) in [4.78, 5) is 4.07. The second-order valence-electron chi connectivity index (χ2n) is 3.02. The first-order chi connectivity index (χ1) is 6.68. The molecule has 2 aromatic rings. The molecule has 0 radical (unpaired) electrons. The predicted molar refractivity (Wildman–Crippen MR) is 58.7 cm³/mol. The third-order valence-electron chi connectivity index (χ3n) is 2.03. The van der Waals surface area contributed by atoms with Gasteiger partial charge in [-0.3, -0.25) is 5.10 Å². The number of benzene rings is 1. The fourth-order valence-electron chi connectivity index (χ4n) is 1.21. The second kappa shape index (κ2) is 3.42. The Morgan fingerprint density at radius 3 is 2.86 bits per heavy atom. The van der Waals surface area contributed by atoms with E-state index in [0.717, 1.165) is 21.3 Å². The Bertz CT molecular complexity index is 450. The maximum absolute atomic E-state index is 5.81. The molecule has 1 aromatic carbocycles. The van der Waals surface area contributed by atoms with Crippen molar-refractivity contribution in [2.24, 2.45) is 0 Å². The highest BCUT2D eigenvalue weighted by Gasteiger charge is 2.07. The maximum atomic E-state index is 5.81. The van der Waals surface area contributed by atoms with Crippen LogP contribution in [0.1, 0.15) is 5.56 Å². The van der Waals surface area contributed by atoms with Crippen LogP contribution in [0.25, 0.3) is 11.4 Å². The van der Waals surface area contributed by atoms with E-state index in [0.29, 0.717) is 5.82 Å². The molecule has 1 heterocycles. The molecule has 1 aromatic heterocycles. The van der Waals surface area contributed by atoms with Gasteiger partial charge in [0.1, 0.15) is 6.33 Å². The van der Waals surface area contributed by atoms with Gasteiger partial charge in [0.2, 0.25) is 0 Å². The summed E-state index contributed by atoms with van der Waals surface area (Å²) in [5.41, 5.74) is 8.53. The zero-order valence-electron chi connectivity index (χ0n) is 7.58. The lowest BCUT2D eigenvalue weighted by molar-refractivity contribution is 1.09. The molecule has 5 heteroatoms. The molecule has 0 atom stereocenters. The summed E-state index contributed by atoms with van der Waals surface area (Å²) < 4.78 is 0.959. The van der Waals surface area contributed by atoms with Gasteiger partial charge in [-0.2, -0.15) is 5.10 Å².